The number of benzene rings is 2. The molecule has 0 amide bonds. The lowest BCUT2D eigenvalue weighted by Gasteiger charge is -2.44. The molecule has 3 atom stereocenters. The molecule has 0 unspecified atom stereocenters. The lowest BCUT2D eigenvalue weighted by atomic mass is 9.85. The highest BCUT2D eigenvalue weighted by molar-refractivity contribution is 5.57. The SMILES string of the molecule is Cc1ccc([C@H]2C[C@H](O)[C@@H](n3cc(-c4ccc(F)cc4)nn3)CN2CC2CCCCC2)cc1. The molecular weight excluding hydrogens is 415 g/mol. The minimum Gasteiger partial charge on any atom is -0.391 e. The van der Waals surface area contributed by atoms with Crippen LogP contribution in [0.5, 0.6) is 0 Å². The van der Waals surface area contributed by atoms with Crippen LogP contribution in [0.2, 0.25) is 0 Å². The van der Waals surface area contributed by atoms with Crippen molar-refractivity contribution in [3.8, 4) is 11.3 Å². The predicted octanol–water partition coefficient (Wildman–Crippen LogP) is 5.32. The van der Waals surface area contributed by atoms with Gasteiger partial charge in [0.2, 0.25) is 0 Å². The molecule has 1 aliphatic heterocycles. The zero-order valence-corrected chi connectivity index (χ0v) is 19.3. The molecule has 0 radical (unpaired) electrons. The topological polar surface area (TPSA) is 54.2 Å². The Morgan fingerprint density at radius 2 is 1.73 bits per heavy atom. The van der Waals surface area contributed by atoms with Crippen LogP contribution >= 0.6 is 0 Å². The van der Waals surface area contributed by atoms with Gasteiger partial charge in [-0.25, -0.2) is 9.07 Å². The van der Waals surface area contributed by atoms with Gasteiger partial charge < -0.3 is 5.11 Å². The average Bonchev–Trinajstić information content (AvgIpc) is 3.32. The molecular formula is C27H33FN4O. The van der Waals surface area contributed by atoms with Gasteiger partial charge in [0, 0.05) is 24.7 Å². The van der Waals surface area contributed by atoms with E-state index >= 15 is 0 Å². The Morgan fingerprint density at radius 1 is 1.00 bits per heavy atom. The molecule has 1 N–H and O–H groups in total. The highest BCUT2D eigenvalue weighted by atomic mass is 19.1. The van der Waals surface area contributed by atoms with Crippen LogP contribution in [0.15, 0.2) is 54.7 Å². The minimum atomic E-state index is -0.512. The number of nitrogens with zero attached hydrogens (tertiary/aromatic N) is 4. The van der Waals surface area contributed by atoms with Gasteiger partial charge in [0.15, 0.2) is 0 Å². The van der Waals surface area contributed by atoms with E-state index in [1.807, 2.05) is 10.9 Å². The predicted molar refractivity (Wildman–Crippen MR) is 127 cm³/mol. The van der Waals surface area contributed by atoms with Crippen molar-refractivity contribution >= 4 is 0 Å². The number of rotatable bonds is 5. The Hall–Kier alpha value is -2.57. The Bertz CT molecular complexity index is 1040. The summed E-state index contributed by atoms with van der Waals surface area (Å²) in [6.45, 7) is 3.91. The summed E-state index contributed by atoms with van der Waals surface area (Å²) in [5, 5.41) is 19.9. The van der Waals surface area contributed by atoms with Crippen molar-refractivity contribution in [2.75, 3.05) is 13.1 Å². The van der Waals surface area contributed by atoms with Crippen molar-refractivity contribution in [1.29, 1.82) is 0 Å². The summed E-state index contributed by atoms with van der Waals surface area (Å²) >= 11 is 0. The van der Waals surface area contributed by atoms with E-state index < -0.39 is 6.10 Å². The van der Waals surface area contributed by atoms with Crippen molar-refractivity contribution in [1.82, 2.24) is 19.9 Å². The fraction of sp³-hybridized carbons (Fsp3) is 0.481. The summed E-state index contributed by atoms with van der Waals surface area (Å²) in [5.74, 6) is 0.447. The first-order valence-corrected chi connectivity index (χ1v) is 12.2. The molecule has 5 nitrogen and oxygen atoms in total. The van der Waals surface area contributed by atoms with Gasteiger partial charge in [0.05, 0.1) is 18.3 Å². The van der Waals surface area contributed by atoms with Crippen LogP contribution in [0.25, 0.3) is 11.3 Å². The first-order valence-electron chi connectivity index (χ1n) is 12.2. The summed E-state index contributed by atoms with van der Waals surface area (Å²) < 4.78 is 15.1. The van der Waals surface area contributed by atoms with Gasteiger partial charge in [-0.2, -0.15) is 0 Å². The van der Waals surface area contributed by atoms with E-state index in [-0.39, 0.29) is 17.9 Å². The Labute approximate surface area is 195 Å². The zero-order chi connectivity index (χ0) is 22.8. The van der Waals surface area contributed by atoms with E-state index in [2.05, 4.69) is 46.4 Å². The average molecular weight is 449 g/mol. The molecule has 2 heterocycles. The van der Waals surface area contributed by atoms with Crippen LogP contribution in [0, 0.1) is 18.7 Å². The second kappa shape index (κ2) is 9.74. The number of piperidine rings is 1. The van der Waals surface area contributed by atoms with Gasteiger partial charge in [0.25, 0.3) is 0 Å². The number of aromatic nitrogens is 3. The number of hydrogen-bond donors (Lipinski definition) is 1. The van der Waals surface area contributed by atoms with Gasteiger partial charge in [0.1, 0.15) is 11.5 Å². The fourth-order valence-corrected chi connectivity index (χ4v) is 5.51. The lowest BCUT2D eigenvalue weighted by molar-refractivity contribution is -0.0154. The van der Waals surface area contributed by atoms with E-state index in [1.54, 1.807) is 12.1 Å². The number of likely N-dealkylation sites (tertiary alicyclic amines) is 1. The number of halogens is 1. The maximum atomic E-state index is 13.3. The summed E-state index contributed by atoms with van der Waals surface area (Å²) in [6, 6.07) is 15.1. The number of aliphatic hydroxyl groups is 1. The van der Waals surface area contributed by atoms with Gasteiger partial charge in [-0.3, -0.25) is 4.90 Å². The Kier molecular flexibility index (Phi) is 6.56. The molecule has 2 aromatic carbocycles. The summed E-state index contributed by atoms with van der Waals surface area (Å²) in [4.78, 5) is 2.57. The molecule has 2 aliphatic rings. The van der Waals surface area contributed by atoms with Crippen molar-refractivity contribution in [3.63, 3.8) is 0 Å². The molecule has 174 valence electrons. The van der Waals surface area contributed by atoms with E-state index in [0.717, 1.165) is 18.7 Å². The number of hydrogen-bond acceptors (Lipinski definition) is 4. The van der Waals surface area contributed by atoms with Crippen LogP contribution in [-0.2, 0) is 0 Å². The largest absolute Gasteiger partial charge is 0.391 e. The molecule has 5 rings (SSSR count). The van der Waals surface area contributed by atoms with Crippen molar-refractivity contribution in [2.24, 2.45) is 5.92 Å². The summed E-state index contributed by atoms with van der Waals surface area (Å²) in [6.07, 6.45) is 8.63. The smallest absolute Gasteiger partial charge is 0.123 e. The first kappa shape index (κ1) is 22.2. The lowest BCUT2D eigenvalue weighted by Crippen LogP contribution is -2.47. The molecule has 3 aromatic rings. The van der Waals surface area contributed by atoms with Gasteiger partial charge in [-0.1, -0.05) is 54.3 Å². The Balaban J connectivity index is 1.39. The molecule has 1 aliphatic carbocycles. The summed E-state index contributed by atoms with van der Waals surface area (Å²) in [5.41, 5.74) is 4.05. The second-order valence-electron chi connectivity index (χ2n) is 9.85. The molecule has 1 saturated carbocycles. The highest BCUT2D eigenvalue weighted by Gasteiger charge is 2.38. The normalized spacial score (nSPS) is 24.8. The molecule has 6 heteroatoms. The van der Waals surface area contributed by atoms with Crippen LogP contribution in [0.3, 0.4) is 0 Å². The van der Waals surface area contributed by atoms with Crippen molar-refractivity contribution in [3.05, 3.63) is 71.7 Å². The molecule has 1 aromatic heterocycles. The van der Waals surface area contributed by atoms with Crippen LogP contribution in [0.4, 0.5) is 4.39 Å². The van der Waals surface area contributed by atoms with Gasteiger partial charge >= 0.3 is 0 Å². The van der Waals surface area contributed by atoms with E-state index in [9.17, 15) is 9.50 Å². The third-order valence-electron chi connectivity index (χ3n) is 7.44. The number of aryl methyl sites for hydroxylation is 1. The van der Waals surface area contributed by atoms with E-state index in [1.165, 1.54) is 55.4 Å². The first-order chi connectivity index (χ1) is 16.1. The van der Waals surface area contributed by atoms with Crippen LogP contribution in [-0.4, -0.2) is 44.2 Å². The quantitative estimate of drug-likeness (QED) is 0.574. The number of aliphatic hydroxyl groups excluding tert-OH is 1. The summed E-state index contributed by atoms with van der Waals surface area (Å²) in [7, 11) is 0. The third kappa shape index (κ3) is 5.02. The van der Waals surface area contributed by atoms with E-state index in [4.69, 9.17) is 0 Å². The van der Waals surface area contributed by atoms with Crippen LogP contribution < -0.4 is 0 Å². The van der Waals surface area contributed by atoms with E-state index in [0.29, 0.717) is 18.0 Å². The molecule has 33 heavy (non-hydrogen) atoms. The Morgan fingerprint density at radius 3 is 2.45 bits per heavy atom. The fourth-order valence-electron chi connectivity index (χ4n) is 5.51. The van der Waals surface area contributed by atoms with Crippen LogP contribution in [0.1, 0.15) is 61.7 Å². The molecule has 1 saturated heterocycles. The van der Waals surface area contributed by atoms with Crippen molar-refractivity contribution < 1.29 is 9.50 Å². The molecule has 0 bridgehead atoms. The standard InChI is InChI=1S/C27H33FN4O/c1-19-7-9-22(10-8-19)25-15-27(33)26(18-31(25)16-20-5-3-2-4-6-20)32-17-24(29-30-32)21-11-13-23(28)14-12-21/h7-14,17,20,25-27,33H,2-6,15-16,18H2,1H3/t25-,26+,27+/m1/s1. The van der Waals surface area contributed by atoms with Crippen molar-refractivity contribution in [2.45, 2.75) is 63.6 Å². The maximum Gasteiger partial charge on any atom is 0.123 e. The second-order valence-corrected chi connectivity index (χ2v) is 9.85. The monoisotopic (exact) mass is 448 g/mol. The molecule has 0 spiro atoms. The zero-order valence-electron chi connectivity index (χ0n) is 19.3. The highest BCUT2D eigenvalue weighted by Crippen LogP contribution is 2.38. The maximum absolute atomic E-state index is 13.3. The molecule has 2 fully saturated rings. The van der Waals surface area contributed by atoms with Gasteiger partial charge in [-0.15, -0.1) is 5.10 Å². The third-order valence-corrected chi connectivity index (χ3v) is 7.44. The van der Waals surface area contributed by atoms with Gasteiger partial charge in [-0.05, 0) is 61.9 Å². The minimum absolute atomic E-state index is 0.156.